The van der Waals surface area contributed by atoms with Crippen LogP contribution in [0.1, 0.15) is 18.4 Å². The number of nitrogens with one attached hydrogen (secondary N) is 1. The number of hydrogen-bond donors (Lipinski definition) is 1. The van der Waals surface area contributed by atoms with Gasteiger partial charge in [0, 0.05) is 30.6 Å². The van der Waals surface area contributed by atoms with Crippen LogP contribution in [0.15, 0.2) is 54.9 Å². The first kappa shape index (κ1) is 21.3. The number of methoxy groups -OCH3 is 1. The SMILES string of the molecule is COc1ccc(-c2cc(N3CCC(C(=O)Nc4nc5ccc(C)cc5s4)CC3)ncn2)cc1. The van der Waals surface area contributed by atoms with Crippen LogP contribution in [0.25, 0.3) is 21.5 Å². The molecule has 8 heteroatoms. The van der Waals surface area contributed by atoms with Crippen molar-refractivity contribution in [2.24, 2.45) is 5.92 Å². The number of carbonyl (C=O) groups excluding carboxylic acids is 1. The van der Waals surface area contributed by atoms with E-state index in [2.05, 4.69) is 38.2 Å². The molecule has 5 rings (SSSR count). The maximum Gasteiger partial charge on any atom is 0.229 e. The third-order valence-electron chi connectivity index (χ3n) is 6.00. The molecule has 1 saturated heterocycles. The molecule has 1 aliphatic rings. The van der Waals surface area contributed by atoms with Gasteiger partial charge in [-0.1, -0.05) is 17.4 Å². The topological polar surface area (TPSA) is 80.2 Å². The highest BCUT2D eigenvalue weighted by atomic mass is 32.1. The van der Waals surface area contributed by atoms with Crippen molar-refractivity contribution < 1.29 is 9.53 Å². The molecule has 0 atom stereocenters. The molecule has 1 amide bonds. The van der Waals surface area contributed by atoms with Crippen molar-refractivity contribution >= 4 is 38.4 Å². The Morgan fingerprint density at radius 2 is 1.88 bits per heavy atom. The molecule has 3 heterocycles. The third-order valence-corrected chi connectivity index (χ3v) is 6.94. The van der Waals surface area contributed by atoms with Gasteiger partial charge in [0.05, 0.1) is 23.0 Å². The lowest BCUT2D eigenvalue weighted by molar-refractivity contribution is -0.120. The summed E-state index contributed by atoms with van der Waals surface area (Å²) in [7, 11) is 1.65. The lowest BCUT2D eigenvalue weighted by Gasteiger charge is -2.32. The summed E-state index contributed by atoms with van der Waals surface area (Å²) in [6.07, 6.45) is 3.15. The fourth-order valence-corrected chi connectivity index (χ4v) is 5.07. The number of hydrogen-bond acceptors (Lipinski definition) is 7. The van der Waals surface area contributed by atoms with E-state index in [0.29, 0.717) is 5.13 Å². The van der Waals surface area contributed by atoms with E-state index in [-0.39, 0.29) is 11.8 Å². The van der Waals surface area contributed by atoms with Gasteiger partial charge in [0.2, 0.25) is 5.91 Å². The van der Waals surface area contributed by atoms with Crippen LogP contribution >= 0.6 is 11.3 Å². The number of thiazole rings is 1. The standard InChI is InChI=1S/C25H25N5O2S/c1-16-3-8-20-22(13-16)33-25(28-20)29-24(31)18-9-11-30(12-10-18)23-14-21(26-15-27-23)17-4-6-19(32-2)7-5-17/h3-8,13-15,18H,9-12H2,1-2H3,(H,28,29,31). The number of carbonyl (C=O) groups is 1. The summed E-state index contributed by atoms with van der Waals surface area (Å²) < 4.78 is 6.33. The quantitative estimate of drug-likeness (QED) is 0.456. The summed E-state index contributed by atoms with van der Waals surface area (Å²) in [6, 6.07) is 16.0. The fourth-order valence-electron chi connectivity index (χ4n) is 4.10. The maximum absolute atomic E-state index is 12.8. The summed E-state index contributed by atoms with van der Waals surface area (Å²) in [6.45, 7) is 3.61. The second-order valence-corrected chi connectivity index (χ2v) is 9.26. The molecule has 0 aliphatic carbocycles. The van der Waals surface area contributed by atoms with E-state index in [4.69, 9.17) is 4.74 Å². The van der Waals surface area contributed by atoms with Crippen LogP contribution < -0.4 is 15.0 Å². The van der Waals surface area contributed by atoms with Crippen molar-refractivity contribution in [1.29, 1.82) is 0 Å². The lowest BCUT2D eigenvalue weighted by Crippen LogP contribution is -2.38. The zero-order valence-electron chi connectivity index (χ0n) is 18.6. The average molecular weight is 460 g/mol. The molecular formula is C25H25N5O2S. The van der Waals surface area contributed by atoms with Gasteiger partial charge in [-0.2, -0.15) is 0 Å². The van der Waals surface area contributed by atoms with Crippen molar-refractivity contribution in [2.45, 2.75) is 19.8 Å². The zero-order chi connectivity index (χ0) is 22.8. The van der Waals surface area contributed by atoms with Crippen LogP contribution in [-0.2, 0) is 4.79 Å². The minimum atomic E-state index is -0.0297. The molecule has 1 aliphatic heterocycles. The second kappa shape index (κ2) is 9.15. The number of benzene rings is 2. The van der Waals surface area contributed by atoms with Gasteiger partial charge in [-0.15, -0.1) is 0 Å². The Kier molecular flexibility index (Phi) is 5.92. The number of amides is 1. The lowest BCUT2D eigenvalue weighted by atomic mass is 9.96. The number of ether oxygens (including phenoxy) is 1. The van der Waals surface area contributed by atoms with Crippen LogP contribution in [0.5, 0.6) is 5.75 Å². The monoisotopic (exact) mass is 459 g/mol. The molecule has 0 saturated carbocycles. The second-order valence-electron chi connectivity index (χ2n) is 8.23. The Bertz CT molecular complexity index is 1280. The number of fused-ring (bicyclic) bond motifs is 1. The molecule has 0 bridgehead atoms. The van der Waals surface area contributed by atoms with E-state index in [9.17, 15) is 4.79 Å². The molecule has 33 heavy (non-hydrogen) atoms. The van der Waals surface area contributed by atoms with E-state index in [1.54, 1.807) is 13.4 Å². The summed E-state index contributed by atoms with van der Waals surface area (Å²) in [5.74, 6) is 1.72. The first-order valence-electron chi connectivity index (χ1n) is 11.0. The fraction of sp³-hybridized carbons (Fsp3) is 0.280. The van der Waals surface area contributed by atoms with Crippen LogP contribution in [-0.4, -0.2) is 41.1 Å². The van der Waals surface area contributed by atoms with Gasteiger partial charge in [-0.3, -0.25) is 4.79 Å². The first-order chi connectivity index (χ1) is 16.1. The largest absolute Gasteiger partial charge is 0.497 e. The minimum absolute atomic E-state index is 0.0297. The van der Waals surface area contributed by atoms with Crippen LogP contribution in [0.2, 0.25) is 0 Å². The molecule has 168 valence electrons. The van der Waals surface area contributed by atoms with Crippen molar-refractivity contribution in [3.8, 4) is 17.0 Å². The Hall–Kier alpha value is -3.52. The Labute approximate surface area is 196 Å². The van der Waals surface area contributed by atoms with Crippen LogP contribution in [0, 0.1) is 12.8 Å². The van der Waals surface area contributed by atoms with Gasteiger partial charge < -0.3 is 15.0 Å². The highest BCUT2D eigenvalue weighted by molar-refractivity contribution is 7.22. The van der Waals surface area contributed by atoms with Gasteiger partial charge in [0.15, 0.2) is 5.13 Å². The van der Waals surface area contributed by atoms with Gasteiger partial charge in [0.25, 0.3) is 0 Å². The molecule has 4 aromatic rings. The Balaban J connectivity index is 1.21. The molecule has 2 aromatic carbocycles. The third kappa shape index (κ3) is 4.66. The van der Waals surface area contributed by atoms with E-state index in [1.165, 1.54) is 16.9 Å². The normalized spacial score (nSPS) is 14.4. The molecule has 7 nitrogen and oxygen atoms in total. The number of aromatic nitrogens is 3. The van der Waals surface area contributed by atoms with Gasteiger partial charge >= 0.3 is 0 Å². The van der Waals surface area contributed by atoms with Crippen LogP contribution in [0.3, 0.4) is 0 Å². The number of nitrogens with zero attached hydrogens (tertiary/aromatic N) is 4. The van der Waals surface area contributed by atoms with Gasteiger partial charge in [-0.25, -0.2) is 15.0 Å². The molecule has 0 radical (unpaired) electrons. The number of anilines is 2. The number of rotatable bonds is 5. The van der Waals surface area contributed by atoms with E-state index in [0.717, 1.165) is 59.0 Å². The van der Waals surface area contributed by atoms with E-state index in [1.807, 2.05) is 42.5 Å². The predicted octanol–water partition coefficient (Wildman–Crippen LogP) is 4.93. The highest BCUT2D eigenvalue weighted by Gasteiger charge is 2.26. The molecule has 2 aromatic heterocycles. The zero-order valence-corrected chi connectivity index (χ0v) is 19.4. The summed E-state index contributed by atoms with van der Waals surface area (Å²) in [5, 5.41) is 3.70. The first-order valence-corrected chi connectivity index (χ1v) is 11.8. The molecule has 0 spiro atoms. The van der Waals surface area contributed by atoms with Gasteiger partial charge in [0.1, 0.15) is 17.9 Å². The average Bonchev–Trinajstić information content (AvgIpc) is 3.25. The summed E-state index contributed by atoms with van der Waals surface area (Å²) in [5.41, 5.74) is 4.00. The smallest absolute Gasteiger partial charge is 0.229 e. The van der Waals surface area contributed by atoms with Crippen molar-refractivity contribution in [3.63, 3.8) is 0 Å². The molecular weight excluding hydrogens is 434 g/mol. The van der Waals surface area contributed by atoms with Gasteiger partial charge in [-0.05, 0) is 61.7 Å². The minimum Gasteiger partial charge on any atom is -0.497 e. The predicted molar refractivity (Wildman–Crippen MR) is 132 cm³/mol. The molecule has 1 fully saturated rings. The number of piperidine rings is 1. The van der Waals surface area contributed by atoms with E-state index < -0.39 is 0 Å². The van der Waals surface area contributed by atoms with Crippen molar-refractivity contribution in [2.75, 3.05) is 30.4 Å². The van der Waals surface area contributed by atoms with E-state index >= 15 is 0 Å². The highest BCUT2D eigenvalue weighted by Crippen LogP contribution is 2.29. The Morgan fingerprint density at radius 1 is 1.09 bits per heavy atom. The summed E-state index contributed by atoms with van der Waals surface area (Å²) in [4.78, 5) is 28.5. The van der Waals surface area contributed by atoms with Crippen molar-refractivity contribution in [1.82, 2.24) is 15.0 Å². The molecule has 0 unspecified atom stereocenters. The van der Waals surface area contributed by atoms with Crippen LogP contribution in [0.4, 0.5) is 10.9 Å². The molecule has 1 N–H and O–H groups in total. The maximum atomic E-state index is 12.8. The Morgan fingerprint density at radius 3 is 2.64 bits per heavy atom. The number of aryl methyl sites for hydroxylation is 1. The summed E-state index contributed by atoms with van der Waals surface area (Å²) >= 11 is 1.52. The van der Waals surface area contributed by atoms with Crippen molar-refractivity contribution in [3.05, 3.63) is 60.4 Å².